The van der Waals surface area contributed by atoms with E-state index in [2.05, 4.69) is 40.3 Å². The number of likely N-dealkylation sites (tertiary alicyclic amines) is 1. The summed E-state index contributed by atoms with van der Waals surface area (Å²) in [5, 5.41) is 4.18. The van der Waals surface area contributed by atoms with Crippen LogP contribution in [0, 0.1) is 11.8 Å². The summed E-state index contributed by atoms with van der Waals surface area (Å²) in [6.45, 7) is 8.35. The number of aryl methyl sites for hydroxylation is 1. The topological polar surface area (TPSA) is 54.5 Å². The molecule has 2 aliphatic rings. The number of hydrogen-bond acceptors (Lipinski definition) is 4. The van der Waals surface area contributed by atoms with Crippen LogP contribution in [0.25, 0.3) is 10.9 Å². The molecular formula is C28H41N3O2. The van der Waals surface area contributed by atoms with Crippen molar-refractivity contribution in [3.63, 3.8) is 0 Å². The second-order valence-electron chi connectivity index (χ2n) is 10.0. The number of nitrogens with one attached hydrogen (secondary N) is 1. The summed E-state index contributed by atoms with van der Waals surface area (Å²) in [6.07, 6.45) is 12.2. The minimum atomic E-state index is 0.233. The van der Waals surface area contributed by atoms with Gasteiger partial charge in [0.25, 0.3) is 0 Å². The van der Waals surface area contributed by atoms with Crippen LogP contribution in [0.3, 0.4) is 0 Å². The average molecular weight is 452 g/mol. The predicted octanol–water partition coefficient (Wildman–Crippen LogP) is 5.36. The van der Waals surface area contributed by atoms with Crippen LogP contribution in [-0.2, 0) is 11.2 Å². The van der Waals surface area contributed by atoms with E-state index in [-0.39, 0.29) is 17.9 Å². The van der Waals surface area contributed by atoms with Gasteiger partial charge >= 0.3 is 0 Å². The first-order valence-corrected chi connectivity index (χ1v) is 13.2. The van der Waals surface area contributed by atoms with Crippen LogP contribution in [0.2, 0.25) is 0 Å². The number of rotatable bonds is 9. The van der Waals surface area contributed by atoms with Gasteiger partial charge in [0.15, 0.2) is 0 Å². The second kappa shape index (κ2) is 11.8. The van der Waals surface area contributed by atoms with E-state index in [0.29, 0.717) is 0 Å². The maximum atomic E-state index is 12.1. The molecule has 0 atom stereocenters. The average Bonchev–Trinajstić information content (AvgIpc) is 2.84. The van der Waals surface area contributed by atoms with Crippen molar-refractivity contribution in [2.24, 2.45) is 11.8 Å². The Balaban J connectivity index is 1.28. The van der Waals surface area contributed by atoms with Crippen molar-refractivity contribution in [2.45, 2.75) is 77.7 Å². The third-order valence-electron chi connectivity index (χ3n) is 7.46. The molecule has 1 N–H and O–H groups in total. The Hall–Kier alpha value is -2.14. The van der Waals surface area contributed by atoms with E-state index in [0.717, 1.165) is 68.9 Å². The first-order valence-electron chi connectivity index (χ1n) is 13.2. The lowest BCUT2D eigenvalue weighted by atomic mass is 9.81. The third-order valence-corrected chi connectivity index (χ3v) is 7.46. The molecule has 33 heavy (non-hydrogen) atoms. The molecule has 4 rings (SSSR count). The Morgan fingerprint density at radius 1 is 1.12 bits per heavy atom. The van der Waals surface area contributed by atoms with Crippen molar-refractivity contribution >= 4 is 16.8 Å². The largest absolute Gasteiger partial charge is 0.488 e. The molecule has 1 saturated heterocycles. The fourth-order valence-electron chi connectivity index (χ4n) is 5.51. The number of hydrogen-bond donors (Lipinski definition) is 1. The third kappa shape index (κ3) is 6.47. The summed E-state index contributed by atoms with van der Waals surface area (Å²) < 4.78 is 6.56. The lowest BCUT2D eigenvalue weighted by Crippen LogP contribution is -2.42. The number of amides is 1. The SMILES string of the molecule is CCCCc1cc(OC2CCN(CC3CCC(C(=O)NCC)CC3)CC2)c2ncccc2c1. The first-order chi connectivity index (χ1) is 16.2. The Labute approximate surface area is 199 Å². The molecule has 1 aromatic heterocycles. The highest BCUT2D eigenvalue weighted by molar-refractivity contribution is 5.85. The number of pyridine rings is 1. The van der Waals surface area contributed by atoms with Gasteiger partial charge in [-0.25, -0.2) is 0 Å². The van der Waals surface area contributed by atoms with E-state index in [4.69, 9.17) is 4.74 Å². The van der Waals surface area contributed by atoms with Crippen LogP contribution in [0.5, 0.6) is 5.75 Å². The van der Waals surface area contributed by atoms with Crippen molar-refractivity contribution < 1.29 is 9.53 Å². The highest BCUT2D eigenvalue weighted by Crippen LogP contribution is 2.32. The quantitative estimate of drug-likeness (QED) is 0.557. The number of carbonyl (C=O) groups is 1. The molecule has 0 radical (unpaired) electrons. The molecule has 0 spiro atoms. The minimum Gasteiger partial charge on any atom is -0.488 e. The number of benzene rings is 1. The summed E-state index contributed by atoms with van der Waals surface area (Å²) in [6, 6.07) is 8.66. The Kier molecular flexibility index (Phi) is 8.60. The predicted molar refractivity (Wildman–Crippen MR) is 135 cm³/mol. The smallest absolute Gasteiger partial charge is 0.223 e. The summed E-state index contributed by atoms with van der Waals surface area (Å²) in [7, 11) is 0. The van der Waals surface area contributed by atoms with Gasteiger partial charge in [-0.3, -0.25) is 9.78 Å². The van der Waals surface area contributed by atoms with E-state index in [9.17, 15) is 4.79 Å². The molecule has 1 saturated carbocycles. The van der Waals surface area contributed by atoms with E-state index < -0.39 is 0 Å². The van der Waals surface area contributed by atoms with Crippen LogP contribution in [0.1, 0.15) is 70.8 Å². The van der Waals surface area contributed by atoms with Gasteiger partial charge < -0.3 is 15.0 Å². The highest BCUT2D eigenvalue weighted by Gasteiger charge is 2.29. The van der Waals surface area contributed by atoms with E-state index in [1.807, 2.05) is 19.2 Å². The van der Waals surface area contributed by atoms with Crippen LogP contribution >= 0.6 is 0 Å². The number of piperidine rings is 1. The Bertz CT molecular complexity index is 899. The molecule has 2 fully saturated rings. The molecule has 5 nitrogen and oxygen atoms in total. The molecule has 1 aliphatic carbocycles. The van der Waals surface area contributed by atoms with Crippen LogP contribution in [0.4, 0.5) is 0 Å². The highest BCUT2D eigenvalue weighted by atomic mass is 16.5. The number of unbranched alkanes of at least 4 members (excludes halogenated alkanes) is 1. The number of aromatic nitrogens is 1. The minimum absolute atomic E-state index is 0.233. The van der Waals surface area contributed by atoms with Gasteiger partial charge in [0.2, 0.25) is 5.91 Å². The van der Waals surface area contributed by atoms with Gasteiger partial charge in [-0.15, -0.1) is 0 Å². The van der Waals surface area contributed by atoms with Crippen LogP contribution in [0.15, 0.2) is 30.5 Å². The molecule has 180 valence electrons. The maximum absolute atomic E-state index is 12.1. The lowest BCUT2D eigenvalue weighted by Gasteiger charge is -2.36. The van der Waals surface area contributed by atoms with Crippen molar-refractivity contribution in [1.29, 1.82) is 0 Å². The molecule has 2 aromatic rings. The molecule has 1 aromatic carbocycles. The number of nitrogens with zero attached hydrogens (tertiary/aromatic N) is 2. The van der Waals surface area contributed by atoms with Crippen LogP contribution < -0.4 is 10.1 Å². The molecule has 2 heterocycles. The second-order valence-corrected chi connectivity index (χ2v) is 10.0. The van der Waals surface area contributed by atoms with Crippen molar-refractivity contribution in [1.82, 2.24) is 15.2 Å². The molecular weight excluding hydrogens is 410 g/mol. The first kappa shape index (κ1) is 24.0. The van der Waals surface area contributed by atoms with E-state index in [1.165, 1.54) is 43.2 Å². The van der Waals surface area contributed by atoms with Gasteiger partial charge in [-0.2, -0.15) is 0 Å². The number of carbonyl (C=O) groups excluding carboxylic acids is 1. The van der Waals surface area contributed by atoms with Gasteiger partial charge in [0.05, 0.1) is 0 Å². The Morgan fingerprint density at radius 2 is 1.91 bits per heavy atom. The number of ether oxygens (including phenoxy) is 1. The normalized spacial score (nSPS) is 22.4. The monoisotopic (exact) mass is 451 g/mol. The molecule has 5 heteroatoms. The van der Waals surface area contributed by atoms with Crippen LogP contribution in [-0.4, -0.2) is 48.1 Å². The Morgan fingerprint density at radius 3 is 2.64 bits per heavy atom. The standard InChI is InChI=1S/C28H41N3O2/c1-3-5-7-22-18-24-8-6-15-30-27(24)26(19-22)33-25-13-16-31(17-14-25)20-21-9-11-23(12-10-21)28(32)29-4-2/h6,8,15,18-19,21,23,25H,3-5,7,9-14,16-17,20H2,1-2H3,(H,29,32). The van der Waals surface area contributed by atoms with E-state index >= 15 is 0 Å². The van der Waals surface area contributed by atoms with Crippen molar-refractivity contribution in [2.75, 3.05) is 26.2 Å². The number of fused-ring (bicyclic) bond motifs is 1. The molecule has 0 unspecified atom stereocenters. The summed E-state index contributed by atoms with van der Waals surface area (Å²) in [4.78, 5) is 19.3. The van der Waals surface area contributed by atoms with Gasteiger partial charge in [0, 0.05) is 43.7 Å². The zero-order valence-corrected chi connectivity index (χ0v) is 20.5. The van der Waals surface area contributed by atoms with Crippen molar-refractivity contribution in [3.8, 4) is 5.75 Å². The van der Waals surface area contributed by atoms with Gasteiger partial charge in [-0.05, 0) is 88.0 Å². The summed E-state index contributed by atoms with van der Waals surface area (Å²) in [5.74, 6) is 2.18. The molecule has 1 aliphatic heterocycles. The van der Waals surface area contributed by atoms with Gasteiger partial charge in [-0.1, -0.05) is 19.4 Å². The summed E-state index contributed by atoms with van der Waals surface area (Å²) in [5.41, 5.74) is 2.34. The zero-order valence-electron chi connectivity index (χ0n) is 20.5. The van der Waals surface area contributed by atoms with Gasteiger partial charge in [0.1, 0.15) is 17.4 Å². The van der Waals surface area contributed by atoms with E-state index in [1.54, 1.807) is 0 Å². The molecule has 0 bridgehead atoms. The maximum Gasteiger partial charge on any atom is 0.223 e. The fraction of sp³-hybridized carbons (Fsp3) is 0.643. The molecule has 1 amide bonds. The van der Waals surface area contributed by atoms with Crippen molar-refractivity contribution in [3.05, 3.63) is 36.0 Å². The summed E-state index contributed by atoms with van der Waals surface area (Å²) >= 11 is 0. The fourth-order valence-corrected chi connectivity index (χ4v) is 5.51. The zero-order chi connectivity index (χ0) is 23.0. The lowest BCUT2D eigenvalue weighted by molar-refractivity contribution is -0.126.